The maximum Gasteiger partial charge on any atom is 0.177 e. The molecule has 0 bridgehead atoms. The average Bonchev–Trinajstić information content (AvgIpc) is 3.49. The van der Waals surface area contributed by atoms with Gasteiger partial charge in [0.1, 0.15) is 0 Å². The number of hydrogen-bond acceptors (Lipinski definition) is 5. The van der Waals surface area contributed by atoms with Gasteiger partial charge < -0.3 is 9.88 Å². The lowest BCUT2D eigenvalue weighted by Crippen LogP contribution is -2.18. The first-order valence-electron chi connectivity index (χ1n) is 10.7. The number of thiophene rings is 1. The predicted molar refractivity (Wildman–Crippen MR) is 133 cm³/mol. The van der Waals surface area contributed by atoms with E-state index in [-0.39, 0.29) is 0 Å². The third kappa shape index (κ3) is 5.11. The first kappa shape index (κ1) is 22.5. The Bertz CT molecular complexity index is 1180. The molecule has 162 valence electrons. The van der Waals surface area contributed by atoms with Crippen LogP contribution in [0.4, 0.5) is 5.69 Å². The van der Waals surface area contributed by atoms with Gasteiger partial charge >= 0.3 is 0 Å². The van der Waals surface area contributed by atoms with Crippen molar-refractivity contribution >= 4 is 32.9 Å². The highest BCUT2D eigenvalue weighted by atomic mass is 32.1. The fourth-order valence-electron chi connectivity index (χ4n) is 3.14. The first-order valence-corrected chi connectivity index (χ1v) is 11.6. The van der Waals surface area contributed by atoms with Crippen molar-refractivity contribution in [1.82, 2.24) is 19.3 Å². The normalized spacial score (nSPS) is 12.1. The van der Waals surface area contributed by atoms with Crippen molar-refractivity contribution in [2.24, 2.45) is 12.0 Å². The number of rotatable bonds is 2. The molecule has 4 heterocycles. The second kappa shape index (κ2) is 10.7. The first-order chi connectivity index (χ1) is 15.2. The van der Waals surface area contributed by atoms with E-state index in [0.717, 1.165) is 35.1 Å². The number of aliphatic imine (C=N–C) groups is 1. The zero-order valence-corrected chi connectivity index (χ0v) is 19.6. The highest BCUT2D eigenvalue weighted by molar-refractivity contribution is 7.17. The summed E-state index contributed by atoms with van der Waals surface area (Å²) in [6.45, 7) is 8.97. The van der Waals surface area contributed by atoms with Gasteiger partial charge in [0, 0.05) is 41.9 Å². The van der Waals surface area contributed by atoms with Gasteiger partial charge in [-0.15, -0.1) is 11.3 Å². The van der Waals surface area contributed by atoms with E-state index in [0.29, 0.717) is 0 Å². The van der Waals surface area contributed by atoms with Crippen LogP contribution >= 0.6 is 11.3 Å². The van der Waals surface area contributed by atoms with Crippen LogP contribution in [0.1, 0.15) is 39.9 Å². The molecule has 6 nitrogen and oxygen atoms in total. The lowest BCUT2D eigenvalue weighted by atomic mass is 10.2. The number of amidine groups is 1. The molecule has 31 heavy (non-hydrogen) atoms. The van der Waals surface area contributed by atoms with Crippen LogP contribution in [0.3, 0.4) is 0 Å². The smallest absolute Gasteiger partial charge is 0.177 e. The number of anilines is 1. The zero-order valence-electron chi connectivity index (χ0n) is 18.8. The Hall–Kier alpha value is -3.19. The zero-order chi connectivity index (χ0) is 22.2. The summed E-state index contributed by atoms with van der Waals surface area (Å²) in [6, 6.07) is 8.47. The molecule has 0 atom stereocenters. The summed E-state index contributed by atoms with van der Waals surface area (Å²) in [7, 11) is 1.91. The number of nitrogens with one attached hydrogen (secondary N) is 1. The van der Waals surface area contributed by atoms with Gasteiger partial charge in [0.05, 0.1) is 18.1 Å². The summed E-state index contributed by atoms with van der Waals surface area (Å²) in [5.41, 5.74) is 3.07. The molecule has 0 fully saturated rings. The SMILES string of the molecule is CC.CCC.Cn1cc(-c2cnc3n2CC=CN=C3Nc2ccc3sccc3c2)cn1. The fourth-order valence-corrected chi connectivity index (χ4v) is 3.91. The Balaban J connectivity index is 0.000000504. The lowest BCUT2D eigenvalue weighted by molar-refractivity contribution is 0.767. The Morgan fingerprint density at radius 1 is 1.13 bits per heavy atom. The van der Waals surface area contributed by atoms with Crippen LogP contribution in [-0.4, -0.2) is 25.2 Å². The van der Waals surface area contributed by atoms with Gasteiger partial charge in [0.2, 0.25) is 0 Å². The van der Waals surface area contributed by atoms with Gasteiger partial charge in [0.25, 0.3) is 0 Å². The van der Waals surface area contributed by atoms with Crippen molar-refractivity contribution < 1.29 is 0 Å². The minimum atomic E-state index is 0.720. The number of fused-ring (bicyclic) bond motifs is 2. The average molecular weight is 435 g/mol. The summed E-state index contributed by atoms with van der Waals surface area (Å²) < 4.78 is 5.22. The van der Waals surface area contributed by atoms with E-state index in [1.54, 1.807) is 16.0 Å². The van der Waals surface area contributed by atoms with E-state index in [4.69, 9.17) is 0 Å². The molecule has 1 aliphatic rings. The molecule has 0 saturated heterocycles. The molecule has 1 aromatic carbocycles. The Morgan fingerprint density at radius 2 is 1.94 bits per heavy atom. The van der Waals surface area contributed by atoms with Gasteiger partial charge in [-0.25, -0.2) is 9.98 Å². The lowest BCUT2D eigenvalue weighted by Gasteiger charge is -2.11. The van der Waals surface area contributed by atoms with Crippen LogP contribution in [0.25, 0.3) is 21.3 Å². The number of imidazole rings is 1. The Labute approximate surface area is 188 Å². The van der Waals surface area contributed by atoms with Crippen LogP contribution < -0.4 is 5.32 Å². The second-order valence-electron chi connectivity index (χ2n) is 6.85. The minimum absolute atomic E-state index is 0.720. The van der Waals surface area contributed by atoms with Crippen molar-refractivity contribution in [1.29, 1.82) is 0 Å². The van der Waals surface area contributed by atoms with Gasteiger partial charge in [-0.05, 0) is 41.1 Å². The van der Waals surface area contributed by atoms with Crippen molar-refractivity contribution in [3.63, 3.8) is 0 Å². The summed E-state index contributed by atoms with van der Waals surface area (Å²) in [6.07, 6.45) is 10.8. The molecule has 0 spiro atoms. The summed E-state index contributed by atoms with van der Waals surface area (Å²) in [5.74, 6) is 1.56. The molecule has 3 aromatic heterocycles. The fraction of sp³-hybridized carbons (Fsp3) is 0.292. The van der Waals surface area contributed by atoms with Crippen LogP contribution in [0.5, 0.6) is 0 Å². The van der Waals surface area contributed by atoms with E-state index in [9.17, 15) is 0 Å². The molecule has 0 saturated carbocycles. The van der Waals surface area contributed by atoms with Gasteiger partial charge in [-0.3, -0.25) is 4.68 Å². The van der Waals surface area contributed by atoms with E-state index in [1.807, 2.05) is 51.8 Å². The maximum absolute atomic E-state index is 4.63. The quantitative estimate of drug-likeness (QED) is 0.401. The molecule has 0 amide bonds. The highest BCUT2D eigenvalue weighted by Gasteiger charge is 2.18. The second-order valence-corrected chi connectivity index (χ2v) is 7.80. The third-order valence-corrected chi connectivity index (χ3v) is 5.28. The van der Waals surface area contributed by atoms with E-state index < -0.39 is 0 Å². The Kier molecular flexibility index (Phi) is 7.78. The molecule has 0 aliphatic carbocycles. The number of benzene rings is 1. The van der Waals surface area contributed by atoms with Crippen LogP contribution in [0.15, 0.2) is 65.5 Å². The van der Waals surface area contributed by atoms with Gasteiger partial charge in [-0.1, -0.05) is 34.1 Å². The third-order valence-electron chi connectivity index (χ3n) is 4.38. The molecule has 1 aliphatic heterocycles. The van der Waals surface area contributed by atoms with E-state index in [1.165, 1.54) is 16.5 Å². The summed E-state index contributed by atoms with van der Waals surface area (Å²) in [4.78, 5) is 9.19. The number of aromatic nitrogens is 4. The largest absolute Gasteiger partial charge is 0.337 e. The predicted octanol–water partition coefficient (Wildman–Crippen LogP) is 6.33. The number of nitrogens with zero attached hydrogens (tertiary/aromatic N) is 5. The maximum atomic E-state index is 4.63. The summed E-state index contributed by atoms with van der Waals surface area (Å²) in [5, 5.41) is 11.0. The topological polar surface area (TPSA) is 60.0 Å². The van der Waals surface area contributed by atoms with Crippen LogP contribution in [-0.2, 0) is 13.6 Å². The minimum Gasteiger partial charge on any atom is -0.337 e. The number of hydrogen-bond donors (Lipinski definition) is 1. The summed E-state index contributed by atoms with van der Waals surface area (Å²) >= 11 is 1.74. The number of aryl methyl sites for hydroxylation is 1. The van der Waals surface area contributed by atoms with Crippen LogP contribution in [0, 0.1) is 0 Å². The molecular formula is C24H30N6S. The van der Waals surface area contributed by atoms with Crippen molar-refractivity contribution in [3.8, 4) is 11.3 Å². The van der Waals surface area contributed by atoms with E-state index >= 15 is 0 Å². The van der Waals surface area contributed by atoms with Crippen molar-refractivity contribution in [2.75, 3.05) is 5.32 Å². The number of allylic oxidation sites excluding steroid dienone is 1. The Morgan fingerprint density at radius 3 is 2.68 bits per heavy atom. The van der Waals surface area contributed by atoms with E-state index in [2.05, 4.69) is 68.5 Å². The highest BCUT2D eigenvalue weighted by Crippen LogP contribution is 2.26. The standard InChI is InChI=1S/C19H16N6S.C3H8.C2H6/c1-24-12-14(10-22-24)16-11-21-19-18(20-6-2-7-25(16)19)23-15-3-4-17-13(9-15)5-8-26-17;1-3-2;1-2/h2-6,8-12H,7H2,1H3,(H,20,23);3H2,1-2H3;1-2H3. The van der Waals surface area contributed by atoms with Crippen molar-refractivity contribution in [2.45, 2.75) is 40.7 Å². The van der Waals surface area contributed by atoms with Gasteiger partial charge in [0.15, 0.2) is 11.7 Å². The van der Waals surface area contributed by atoms with Gasteiger partial charge in [-0.2, -0.15) is 5.10 Å². The molecule has 7 heteroatoms. The molecule has 4 aromatic rings. The molecular weight excluding hydrogens is 404 g/mol. The van der Waals surface area contributed by atoms with Crippen LogP contribution in [0.2, 0.25) is 0 Å². The molecule has 1 N–H and O–H groups in total. The molecule has 0 radical (unpaired) electrons. The molecule has 5 rings (SSSR count). The molecule has 0 unspecified atom stereocenters. The van der Waals surface area contributed by atoms with Crippen molar-refractivity contribution in [3.05, 3.63) is 66.3 Å². The monoisotopic (exact) mass is 434 g/mol.